The number of esters is 2. The molecule has 0 saturated carbocycles. The summed E-state index contributed by atoms with van der Waals surface area (Å²) in [5.74, 6) is -1.73. The first kappa shape index (κ1) is 20.5. The Kier molecular flexibility index (Phi) is 7.88. The lowest BCUT2D eigenvalue weighted by Gasteiger charge is -2.23. The minimum Gasteiger partial charge on any atom is -0.468 e. The number of hydrogen-bond acceptors (Lipinski definition) is 6. The van der Waals surface area contributed by atoms with Crippen LogP contribution >= 0.6 is 11.8 Å². The minimum atomic E-state index is -1.16. The summed E-state index contributed by atoms with van der Waals surface area (Å²) in [6.45, 7) is 1.21. The molecule has 0 radical (unpaired) electrons. The molecule has 0 unspecified atom stereocenters. The third kappa shape index (κ3) is 6.45. The van der Waals surface area contributed by atoms with Crippen molar-refractivity contribution in [3.05, 3.63) is 71.8 Å². The Bertz CT molecular complexity index is 727. The van der Waals surface area contributed by atoms with Crippen molar-refractivity contribution in [3.8, 4) is 0 Å². The monoisotopic (exact) mass is 387 g/mol. The molecule has 0 saturated heterocycles. The molecule has 0 heterocycles. The maximum Gasteiger partial charge on any atom is 0.315 e. The Morgan fingerprint density at radius 1 is 0.963 bits per heavy atom. The molecule has 1 amide bonds. The van der Waals surface area contributed by atoms with E-state index in [1.54, 1.807) is 0 Å². The number of rotatable bonds is 8. The zero-order chi connectivity index (χ0) is 19.6. The molecule has 0 aliphatic heterocycles. The fraction of sp³-hybridized carbons (Fsp3) is 0.250. The lowest BCUT2D eigenvalue weighted by molar-refractivity contribution is -0.148. The smallest absolute Gasteiger partial charge is 0.315 e. The van der Waals surface area contributed by atoms with Crippen molar-refractivity contribution in [1.82, 2.24) is 5.32 Å². The van der Waals surface area contributed by atoms with E-state index in [1.807, 2.05) is 60.7 Å². The van der Waals surface area contributed by atoms with E-state index >= 15 is 0 Å². The number of carbonyl (C=O) groups excluding carboxylic acids is 3. The third-order valence-electron chi connectivity index (χ3n) is 3.62. The van der Waals surface area contributed by atoms with Crippen molar-refractivity contribution in [2.45, 2.75) is 18.4 Å². The molecule has 0 aliphatic rings. The lowest BCUT2D eigenvalue weighted by atomic mass is 9.99. The van der Waals surface area contributed by atoms with Crippen LogP contribution in [0.5, 0.6) is 0 Å². The van der Waals surface area contributed by atoms with E-state index in [0.717, 1.165) is 22.9 Å². The second-order valence-electron chi connectivity index (χ2n) is 5.59. The van der Waals surface area contributed by atoms with Gasteiger partial charge in [0, 0.05) is 6.92 Å². The van der Waals surface area contributed by atoms with Crippen LogP contribution in [0.2, 0.25) is 0 Å². The Hall–Kier alpha value is -2.80. The molecule has 27 heavy (non-hydrogen) atoms. The van der Waals surface area contributed by atoms with E-state index in [-0.39, 0.29) is 5.75 Å². The molecule has 2 aromatic carbocycles. The average molecular weight is 387 g/mol. The van der Waals surface area contributed by atoms with E-state index in [4.69, 9.17) is 4.74 Å². The standard InChI is InChI=1S/C20H21NO5S/c1-14(22)26-20(27-13-17(23)25-2)19(24)21-18(15-9-5-3-6-10-15)16-11-7-4-8-12-16/h3-12,18,20H,13H2,1-2H3,(H,21,24)/t20-/m0/s1. The van der Waals surface area contributed by atoms with Gasteiger partial charge in [0.1, 0.15) is 0 Å². The quantitative estimate of drug-likeness (QED) is 0.554. The zero-order valence-electron chi connectivity index (χ0n) is 15.1. The van der Waals surface area contributed by atoms with Crippen LogP contribution in [-0.2, 0) is 23.9 Å². The molecule has 142 valence electrons. The third-order valence-corrected chi connectivity index (χ3v) is 4.64. The highest BCUT2D eigenvalue weighted by Crippen LogP contribution is 2.23. The number of thioether (sulfide) groups is 1. The molecule has 0 aromatic heterocycles. The lowest BCUT2D eigenvalue weighted by Crippen LogP contribution is -2.38. The molecular formula is C20H21NO5S. The molecule has 6 nitrogen and oxygen atoms in total. The van der Waals surface area contributed by atoms with Crippen LogP contribution in [0.3, 0.4) is 0 Å². The summed E-state index contributed by atoms with van der Waals surface area (Å²) < 4.78 is 9.66. The summed E-state index contributed by atoms with van der Waals surface area (Å²) in [7, 11) is 1.25. The molecule has 0 bridgehead atoms. The number of benzene rings is 2. The summed E-state index contributed by atoms with van der Waals surface area (Å²) in [6.07, 6.45) is 0. The first-order chi connectivity index (χ1) is 13.0. The molecule has 2 aromatic rings. The molecule has 1 N–H and O–H groups in total. The van der Waals surface area contributed by atoms with Gasteiger partial charge in [-0.3, -0.25) is 14.4 Å². The van der Waals surface area contributed by atoms with Crippen molar-refractivity contribution in [2.75, 3.05) is 12.9 Å². The molecule has 2 rings (SSSR count). The van der Waals surface area contributed by atoms with Gasteiger partial charge in [-0.1, -0.05) is 72.4 Å². The predicted molar refractivity (Wildman–Crippen MR) is 103 cm³/mol. The van der Waals surface area contributed by atoms with Gasteiger partial charge in [0.15, 0.2) is 0 Å². The Morgan fingerprint density at radius 2 is 1.48 bits per heavy atom. The van der Waals surface area contributed by atoms with E-state index in [1.165, 1.54) is 14.0 Å². The van der Waals surface area contributed by atoms with Gasteiger partial charge < -0.3 is 14.8 Å². The number of nitrogens with one attached hydrogen (secondary N) is 1. The van der Waals surface area contributed by atoms with Crippen LogP contribution in [0.15, 0.2) is 60.7 Å². The summed E-state index contributed by atoms with van der Waals surface area (Å²) in [5.41, 5.74) is 0.615. The normalized spacial score (nSPS) is 11.5. The Labute approximate surface area is 162 Å². The fourth-order valence-electron chi connectivity index (χ4n) is 2.38. The highest BCUT2D eigenvalue weighted by Gasteiger charge is 2.27. The summed E-state index contributed by atoms with van der Waals surface area (Å²) in [4.78, 5) is 35.5. The van der Waals surface area contributed by atoms with Crippen molar-refractivity contribution in [3.63, 3.8) is 0 Å². The summed E-state index contributed by atoms with van der Waals surface area (Å²) >= 11 is 0.893. The van der Waals surface area contributed by atoms with Crippen LogP contribution in [0, 0.1) is 0 Å². The SMILES string of the molecule is COC(=O)CS[C@H](OC(C)=O)C(=O)NC(c1ccccc1)c1ccccc1. The van der Waals surface area contributed by atoms with Gasteiger partial charge in [0.25, 0.3) is 5.91 Å². The van der Waals surface area contributed by atoms with Crippen molar-refractivity contribution in [1.29, 1.82) is 0 Å². The first-order valence-corrected chi connectivity index (χ1v) is 9.32. The number of carbonyl (C=O) groups is 3. The van der Waals surface area contributed by atoms with Crippen LogP contribution in [-0.4, -0.2) is 36.1 Å². The molecular weight excluding hydrogens is 366 g/mol. The van der Waals surface area contributed by atoms with Crippen molar-refractivity contribution in [2.24, 2.45) is 0 Å². The van der Waals surface area contributed by atoms with Gasteiger partial charge in [-0.15, -0.1) is 0 Å². The Balaban J connectivity index is 2.21. The van der Waals surface area contributed by atoms with Crippen molar-refractivity contribution < 1.29 is 23.9 Å². The number of amides is 1. The van der Waals surface area contributed by atoms with Gasteiger partial charge in [0.05, 0.1) is 18.9 Å². The maximum absolute atomic E-state index is 12.8. The molecule has 7 heteroatoms. The van der Waals surface area contributed by atoms with E-state index < -0.39 is 29.3 Å². The topological polar surface area (TPSA) is 81.7 Å². The molecule has 0 spiro atoms. The maximum atomic E-state index is 12.8. The van der Waals surface area contributed by atoms with Crippen LogP contribution in [0.1, 0.15) is 24.1 Å². The highest BCUT2D eigenvalue weighted by atomic mass is 32.2. The Morgan fingerprint density at radius 3 is 1.93 bits per heavy atom. The van der Waals surface area contributed by atoms with Crippen LogP contribution in [0.25, 0.3) is 0 Å². The van der Waals surface area contributed by atoms with E-state index in [0.29, 0.717) is 0 Å². The average Bonchev–Trinajstić information content (AvgIpc) is 2.69. The van der Waals surface area contributed by atoms with E-state index in [2.05, 4.69) is 10.1 Å². The first-order valence-electron chi connectivity index (χ1n) is 8.27. The highest BCUT2D eigenvalue weighted by molar-refractivity contribution is 8.01. The summed E-state index contributed by atoms with van der Waals surface area (Å²) in [5, 5.41) is 2.91. The van der Waals surface area contributed by atoms with Gasteiger partial charge in [-0.2, -0.15) is 0 Å². The van der Waals surface area contributed by atoms with Crippen LogP contribution in [0.4, 0.5) is 0 Å². The van der Waals surface area contributed by atoms with E-state index in [9.17, 15) is 14.4 Å². The second-order valence-corrected chi connectivity index (χ2v) is 6.64. The van der Waals surface area contributed by atoms with Gasteiger partial charge in [-0.25, -0.2) is 0 Å². The van der Waals surface area contributed by atoms with Gasteiger partial charge in [0.2, 0.25) is 5.44 Å². The fourth-order valence-corrected chi connectivity index (χ4v) is 3.21. The molecule has 0 aliphatic carbocycles. The van der Waals surface area contributed by atoms with Crippen molar-refractivity contribution >= 4 is 29.6 Å². The number of hydrogen-bond donors (Lipinski definition) is 1. The number of ether oxygens (including phenoxy) is 2. The zero-order valence-corrected chi connectivity index (χ0v) is 15.9. The summed E-state index contributed by atoms with van der Waals surface area (Å²) in [6, 6.07) is 18.5. The predicted octanol–water partition coefficient (Wildman–Crippen LogP) is 2.69. The minimum absolute atomic E-state index is 0.108. The van der Waals surface area contributed by atoms with Gasteiger partial charge >= 0.3 is 11.9 Å². The molecule has 1 atom stereocenters. The molecule has 0 fully saturated rings. The number of methoxy groups -OCH3 is 1. The second kappa shape index (κ2) is 10.4. The van der Waals surface area contributed by atoms with Gasteiger partial charge in [-0.05, 0) is 11.1 Å². The largest absolute Gasteiger partial charge is 0.468 e. The van der Waals surface area contributed by atoms with Crippen LogP contribution < -0.4 is 5.32 Å².